The fraction of sp³-hybridized carbons (Fsp3) is 1.00. The maximum atomic E-state index is 12.0. The summed E-state index contributed by atoms with van der Waals surface area (Å²) in [6.07, 6.45) is 0.845. The van der Waals surface area contributed by atoms with E-state index in [1.807, 2.05) is 13.8 Å². The van der Waals surface area contributed by atoms with Gasteiger partial charge in [-0.1, -0.05) is 6.92 Å². The van der Waals surface area contributed by atoms with E-state index in [1.54, 1.807) is 11.4 Å². The zero-order valence-corrected chi connectivity index (χ0v) is 11.8. The van der Waals surface area contributed by atoms with Gasteiger partial charge in [-0.25, -0.2) is 0 Å². The van der Waals surface area contributed by atoms with Crippen LogP contribution < -0.4 is 5.32 Å². The van der Waals surface area contributed by atoms with Gasteiger partial charge in [0, 0.05) is 39.3 Å². The Morgan fingerprint density at radius 1 is 1.50 bits per heavy atom. The number of rotatable bonds is 4. The molecule has 0 bridgehead atoms. The average Bonchev–Trinajstić information content (AvgIpc) is 2.18. The topological polar surface area (TPSA) is 52.7 Å². The second-order valence-electron chi connectivity index (χ2n) is 4.04. The van der Waals surface area contributed by atoms with E-state index in [0.717, 1.165) is 13.0 Å². The Labute approximate surface area is 105 Å². The highest BCUT2D eigenvalue weighted by molar-refractivity contribution is 7.86. The minimum atomic E-state index is -3.23. The summed E-state index contributed by atoms with van der Waals surface area (Å²) in [6, 6.07) is 0.239. The first-order valence-corrected chi connectivity index (χ1v) is 6.83. The summed E-state index contributed by atoms with van der Waals surface area (Å²) in [6.45, 7) is 6.44. The fourth-order valence-corrected chi connectivity index (χ4v) is 3.28. The number of piperazine rings is 1. The molecule has 0 aromatic rings. The van der Waals surface area contributed by atoms with Crippen molar-refractivity contribution < 1.29 is 8.42 Å². The standard InChI is InChI=1S/C9H21N3O2S.ClH/c1-4-6-11(3)15(13,14)12-7-5-10-9(2)8-12;/h9-10H,4-8H2,1-3H3;1H/t9-;/m1./s1. The van der Waals surface area contributed by atoms with E-state index in [1.165, 1.54) is 4.31 Å². The summed E-state index contributed by atoms with van der Waals surface area (Å²) in [5.41, 5.74) is 0. The van der Waals surface area contributed by atoms with Crippen LogP contribution in [0.5, 0.6) is 0 Å². The van der Waals surface area contributed by atoms with E-state index in [-0.39, 0.29) is 18.4 Å². The van der Waals surface area contributed by atoms with Gasteiger partial charge in [-0.2, -0.15) is 17.0 Å². The van der Waals surface area contributed by atoms with Gasteiger partial charge >= 0.3 is 0 Å². The second kappa shape index (κ2) is 6.76. The Morgan fingerprint density at radius 2 is 2.12 bits per heavy atom. The highest BCUT2D eigenvalue weighted by atomic mass is 35.5. The first-order valence-electron chi connectivity index (χ1n) is 5.43. The van der Waals surface area contributed by atoms with Crippen LogP contribution in [0.1, 0.15) is 20.3 Å². The largest absolute Gasteiger partial charge is 0.312 e. The van der Waals surface area contributed by atoms with Gasteiger partial charge in [0.05, 0.1) is 0 Å². The Kier molecular flexibility index (Phi) is 6.81. The van der Waals surface area contributed by atoms with Gasteiger partial charge in [-0.05, 0) is 13.3 Å². The molecule has 1 saturated heterocycles. The Balaban J connectivity index is 0.00000225. The molecule has 1 aliphatic rings. The molecule has 7 heteroatoms. The molecule has 16 heavy (non-hydrogen) atoms. The molecule has 0 unspecified atom stereocenters. The van der Waals surface area contributed by atoms with Crippen LogP contribution in [0.4, 0.5) is 0 Å². The molecule has 0 aromatic heterocycles. The molecule has 1 N–H and O–H groups in total. The highest BCUT2D eigenvalue weighted by Crippen LogP contribution is 2.09. The Bertz CT molecular complexity index is 297. The van der Waals surface area contributed by atoms with E-state index >= 15 is 0 Å². The van der Waals surface area contributed by atoms with Gasteiger partial charge in [-0.15, -0.1) is 12.4 Å². The molecule has 1 atom stereocenters. The van der Waals surface area contributed by atoms with Crippen molar-refractivity contribution in [3.63, 3.8) is 0 Å². The van der Waals surface area contributed by atoms with Crippen molar-refractivity contribution in [2.45, 2.75) is 26.3 Å². The average molecular weight is 272 g/mol. The molecule has 1 fully saturated rings. The minimum absolute atomic E-state index is 0. The number of nitrogens with zero attached hydrogens (tertiary/aromatic N) is 2. The molecule has 98 valence electrons. The molecule has 1 heterocycles. The third kappa shape index (κ3) is 3.85. The molecule has 0 radical (unpaired) electrons. The van der Waals surface area contributed by atoms with Gasteiger partial charge in [0.15, 0.2) is 0 Å². The van der Waals surface area contributed by atoms with Gasteiger partial charge in [0.25, 0.3) is 10.2 Å². The van der Waals surface area contributed by atoms with Crippen molar-refractivity contribution in [3.05, 3.63) is 0 Å². The maximum Gasteiger partial charge on any atom is 0.281 e. The second-order valence-corrected chi connectivity index (χ2v) is 6.08. The molecule has 0 spiro atoms. The van der Waals surface area contributed by atoms with Crippen molar-refractivity contribution in [3.8, 4) is 0 Å². The molecule has 1 rings (SSSR count). The van der Waals surface area contributed by atoms with Crippen molar-refractivity contribution in [2.24, 2.45) is 0 Å². The summed E-state index contributed by atoms with van der Waals surface area (Å²) < 4.78 is 27.1. The summed E-state index contributed by atoms with van der Waals surface area (Å²) in [4.78, 5) is 0. The fourth-order valence-electron chi connectivity index (χ4n) is 1.73. The predicted octanol–water partition coefficient (Wildman–Crippen LogP) is 0.288. The van der Waals surface area contributed by atoms with Crippen molar-refractivity contribution in [1.29, 1.82) is 0 Å². The van der Waals surface area contributed by atoms with Gasteiger partial charge in [0.2, 0.25) is 0 Å². The summed E-state index contributed by atoms with van der Waals surface area (Å²) in [5.74, 6) is 0. The van der Waals surface area contributed by atoms with Gasteiger partial charge in [0.1, 0.15) is 0 Å². The molecular formula is C9H22ClN3O2S. The third-order valence-electron chi connectivity index (χ3n) is 2.59. The van der Waals surface area contributed by atoms with Crippen LogP contribution in [-0.2, 0) is 10.2 Å². The van der Waals surface area contributed by atoms with E-state index < -0.39 is 10.2 Å². The number of hydrogen-bond donors (Lipinski definition) is 1. The van der Waals surface area contributed by atoms with E-state index in [9.17, 15) is 8.42 Å². The van der Waals surface area contributed by atoms with Crippen LogP contribution in [0.15, 0.2) is 0 Å². The minimum Gasteiger partial charge on any atom is -0.312 e. The van der Waals surface area contributed by atoms with Crippen molar-refractivity contribution in [2.75, 3.05) is 33.2 Å². The van der Waals surface area contributed by atoms with Crippen LogP contribution >= 0.6 is 12.4 Å². The van der Waals surface area contributed by atoms with E-state index in [0.29, 0.717) is 19.6 Å². The summed E-state index contributed by atoms with van der Waals surface area (Å²) in [7, 11) is -1.59. The number of halogens is 1. The normalized spacial score (nSPS) is 23.1. The first-order chi connectivity index (χ1) is 6.98. The molecule has 0 aliphatic carbocycles. The first kappa shape index (κ1) is 16.1. The monoisotopic (exact) mass is 271 g/mol. The van der Waals surface area contributed by atoms with Crippen LogP contribution in [0.25, 0.3) is 0 Å². The number of hydrogen-bond acceptors (Lipinski definition) is 3. The lowest BCUT2D eigenvalue weighted by atomic mass is 10.3. The van der Waals surface area contributed by atoms with E-state index in [2.05, 4.69) is 5.32 Å². The van der Waals surface area contributed by atoms with Crippen LogP contribution in [-0.4, -0.2) is 56.3 Å². The van der Waals surface area contributed by atoms with E-state index in [4.69, 9.17) is 0 Å². The molecular weight excluding hydrogens is 250 g/mol. The quantitative estimate of drug-likeness (QED) is 0.800. The van der Waals surface area contributed by atoms with Crippen molar-refractivity contribution in [1.82, 2.24) is 13.9 Å². The summed E-state index contributed by atoms with van der Waals surface area (Å²) >= 11 is 0. The zero-order chi connectivity index (χ0) is 11.5. The van der Waals surface area contributed by atoms with Crippen LogP contribution in [0, 0.1) is 0 Å². The lowest BCUT2D eigenvalue weighted by molar-refractivity contribution is 0.288. The third-order valence-corrected chi connectivity index (χ3v) is 4.54. The lowest BCUT2D eigenvalue weighted by Crippen LogP contribution is -2.54. The van der Waals surface area contributed by atoms with Gasteiger partial charge in [-0.3, -0.25) is 0 Å². The lowest BCUT2D eigenvalue weighted by Gasteiger charge is -2.33. The SMILES string of the molecule is CCCN(C)S(=O)(=O)N1CCN[C@H](C)C1.Cl. The predicted molar refractivity (Wildman–Crippen MR) is 68.1 cm³/mol. The van der Waals surface area contributed by atoms with Crippen LogP contribution in [0.3, 0.4) is 0 Å². The maximum absolute atomic E-state index is 12.0. The molecule has 0 amide bonds. The van der Waals surface area contributed by atoms with Crippen molar-refractivity contribution >= 4 is 22.6 Å². The molecule has 0 saturated carbocycles. The molecule has 5 nitrogen and oxygen atoms in total. The van der Waals surface area contributed by atoms with Crippen LogP contribution in [0.2, 0.25) is 0 Å². The van der Waals surface area contributed by atoms with Gasteiger partial charge < -0.3 is 5.32 Å². The zero-order valence-electron chi connectivity index (χ0n) is 10.1. The number of nitrogens with one attached hydrogen (secondary N) is 1. The summed E-state index contributed by atoms with van der Waals surface area (Å²) in [5, 5.41) is 3.23. The molecule has 0 aromatic carbocycles. The smallest absolute Gasteiger partial charge is 0.281 e. The highest BCUT2D eigenvalue weighted by Gasteiger charge is 2.29. The Morgan fingerprint density at radius 3 is 2.62 bits per heavy atom. The molecule has 1 aliphatic heterocycles. The Hall–Kier alpha value is 0.120.